The van der Waals surface area contributed by atoms with Gasteiger partial charge in [-0.25, -0.2) is 9.97 Å². The molecule has 0 saturated carbocycles. The zero-order valence-electron chi connectivity index (χ0n) is 11.3. The highest BCUT2D eigenvalue weighted by molar-refractivity contribution is 7.99. The van der Waals surface area contributed by atoms with Crippen LogP contribution in [0, 0.1) is 17.0 Å². The predicted molar refractivity (Wildman–Crippen MR) is 81.0 cm³/mol. The molecule has 0 atom stereocenters. The van der Waals surface area contributed by atoms with Crippen molar-refractivity contribution < 1.29 is 4.92 Å². The number of rotatable bonds is 5. The van der Waals surface area contributed by atoms with E-state index >= 15 is 0 Å². The van der Waals surface area contributed by atoms with Crippen LogP contribution in [-0.4, -0.2) is 26.4 Å². The molecule has 110 valence electrons. The van der Waals surface area contributed by atoms with Crippen molar-refractivity contribution >= 4 is 35.0 Å². The Labute approximate surface area is 130 Å². The summed E-state index contributed by atoms with van der Waals surface area (Å²) in [4.78, 5) is 23.1. The minimum absolute atomic E-state index is 0.136. The summed E-state index contributed by atoms with van der Waals surface area (Å²) in [5.41, 5.74) is 0.156. The Bertz CT molecular complexity index is 683. The highest BCUT2D eigenvalue weighted by atomic mass is 35.5. The smallest absolute Gasteiger partial charge is 0.322 e. The van der Waals surface area contributed by atoms with Gasteiger partial charge in [0.25, 0.3) is 0 Å². The van der Waals surface area contributed by atoms with Crippen LogP contribution >= 0.6 is 23.4 Å². The van der Waals surface area contributed by atoms with Crippen molar-refractivity contribution in [1.82, 2.24) is 15.0 Å². The molecule has 2 aromatic heterocycles. The lowest BCUT2D eigenvalue weighted by Crippen LogP contribution is -2.07. The molecule has 0 saturated heterocycles. The Balaban J connectivity index is 2.49. The molecule has 0 aromatic carbocycles. The fourth-order valence-corrected chi connectivity index (χ4v) is 2.75. The maximum Gasteiger partial charge on any atom is 0.322 e. The van der Waals surface area contributed by atoms with Gasteiger partial charge in [0.05, 0.1) is 9.95 Å². The van der Waals surface area contributed by atoms with Crippen LogP contribution in [0.3, 0.4) is 0 Å². The molecule has 0 aliphatic rings. The van der Waals surface area contributed by atoms with Crippen molar-refractivity contribution in [2.45, 2.75) is 23.9 Å². The molecule has 21 heavy (non-hydrogen) atoms. The fraction of sp³-hybridized carbons (Fsp3) is 0.250. The maximum absolute atomic E-state index is 11.2. The summed E-state index contributed by atoms with van der Waals surface area (Å²) in [5, 5.41) is 15.3. The zero-order chi connectivity index (χ0) is 15.4. The van der Waals surface area contributed by atoms with Crippen LogP contribution in [0.1, 0.15) is 12.6 Å². The van der Waals surface area contributed by atoms with E-state index in [1.807, 2.05) is 6.92 Å². The molecule has 2 rings (SSSR count). The van der Waals surface area contributed by atoms with Crippen LogP contribution in [0.2, 0.25) is 5.02 Å². The summed E-state index contributed by atoms with van der Waals surface area (Å²) in [6.07, 6.45) is 1.57. The van der Waals surface area contributed by atoms with Crippen molar-refractivity contribution in [3.63, 3.8) is 0 Å². The summed E-state index contributed by atoms with van der Waals surface area (Å²) in [7, 11) is 0. The van der Waals surface area contributed by atoms with Gasteiger partial charge in [-0.3, -0.25) is 10.1 Å². The summed E-state index contributed by atoms with van der Waals surface area (Å²) < 4.78 is 0. The van der Waals surface area contributed by atoms with Crippen LogP contribution in [0.25, 0.3) is 0 Å². The molecule has 7 nitrogen and oxygen atoms in total. The Morgan fingerprint density at radius 3 is 2.81 bits per heavy atom. The third-order valence-electron chi connectivity index (χ3n) is 2.46. The first-order valence-electron chi connectivity index (χ1n) is 6.08. The first-order valence-corrected chi connectivity index (χ1v) is 7.27. The third kappa shape index (κ3) is 3.59. The molecule has 1 N–H and O–H groups in total. The molecular weight excluding hydrogens is 314 g/mol. The monoisotopic (exact) mass is 325 g/mol. The second kappa shape index (κ2) is 6.68. The fourth-order valence-electron chi connectivity index (χ4n) is 1.60. The number of aromatic nitrogens is 3. The molecule has 2 aromatic rings. The number of halogens is 1. The van der Waals surface area contributed by atoms with Gasteiger partial charge in [-0.1, -0.05) is 11.6 Å². The van der Waals surface area contributed by atoms with Gasteiger partial charge in [0.15, 0.2) is 5.03 Å². The molecule has 0 amide bonds. The van der Waals surface area contributed by atoms with Gasteiger partial charge in [0.2, 0.25) is 5.95 Å². The van der Waals surface area contributed by atoms with Crippen molar-refractivity contribution in [1.29, 1.82) is 0 Å². The molecule has 0 aliphatic heterocycles. The first-order chi connectivity index (χ1) is 10.0. The van der Waals surface area contributed by atoms with Gasteiger partial charge in [-0.2, -0.15) is 4.98 Å². The van der Waals surface area contributed by atoms with E-state index in [4.69, 9.17) is 11.6 Å². The van der Waals surface area contributed by atoms with Gasteiger partial charge < -0.3 is 5.32 Å². The molecular formula is C12H12ClN5O2S. The highest BCUT2D eigenvalue weighted by Crippen LogP contribution is 2.37. The largest absolute Gasteiger partial charge is 0.354 e. The average molecular weight is 326 g/mol. The van der Waals surface area contributed by atoms with E-state index in [0.29, 0.717) is 28.2 Å². The minimum atomic E-state index is -0.496. The molecule has 2 heterocycles. The lowest BCUT2D eigenvalue weighted by Gasteiger charge is -2.08. The van der Waals surface area contributed by atoms with Gasteiger partial charge >= 0.3 is 5.69 Å². The van der Waals surface area contributed by atoms with Gasteiger partial charge in [0, 0.05) is 12.7 Å². The molecule has 9 heteroatoms. The van der Waals surface area contributed by atoms with Gasteiger partial charge in [-0.05, 0) is 37.7 Å². The molecule has 0 spiro atoms. The van der Waals surface area contributed by atoms with Crippen molar-refractivity contribution in [3.8, 4) is 0 Å². The lowest BCUT2D eigenvalue weighted by molar-refractivity contribution is -0.389. The number of anilines is 1. The summed E-state index contributed by atoms with van der Waals surface area (Å²) in [5.74, 6) is 0.343. The first kappa shape index (κ1) is 15.5. The minimum Gasteiger partial charge on any atom is -0.354 e. The molecule has 0 radical (unpaired) electrons. The van der Waals surface area contributed by atoms with Crippen LogP contribution < -0.4 is 5.32 Å². The number of pyridine rings is 1. The number of hydrogen-bond acceptors (Lipinski definition) is 7. The normalized spacial score (nSPS) is 10.4. The van der Waals surface area contributed by atoms with Crippen LogP contribution in [0.15, 0.2) is 28.4 Å². The zero-order valence-corrected chi connectivity index (χ0v) is 12.9. The van der Waals surface area contributed by atoms with E-state index in [1.165, 1.54) is 0 Å². The Morgan fingerprint density at radius 2 is 2.19 bits per heavy atom. The van der Waals surface area contributed by atoms with E-state index in [0.717, 1.165) is 11.8 Å². The van der Waals surface area contributed by atoms with Crippen molar-refractivity contribution in [2.75, 3.05) is 11.9 Å². The Kier molecular flexibility index (Phi) is 4.92. The van der Waals surface area contributed by atoms with Crippen molar-refractivity contribution in [3.05, 3.63) is 39.2 Å². The van der Waals surface area contributed by atoms with E-state index < -0.39 is 4.92 Å². The Morgan fingerprint density at radius 1 is 1.43 bits per heavy atom. The third-order valence-corrected chi connectivity index (χ3v) is 3.88. The maximum atomic E-state index is 11.2. The van der Waals surface area contributed by atoms with E-state index in [9.17, 15) is 10.1 Å². The second-order valence-corrected chi connectivity index (χ2v) is 5.35. The van der Waals surface area contributed by atoms with Gasteiger partial charge in [0.1, 0.15) is 10.7 Å². The number of aryl methyl sites for hydroxylation is 1. The van der Waals surface area contributed by atoms with E-state index in [-0.39, 0.29) is 10.7 Å². The summed E-state index contributed by atoms with van der Waals surface area (Å²) in [6, 6.07) is 3.36. The number of nitrogens with one attached hydrogen (secondary N) is 1. The topological polar surface area (TPSA) is 93.8 Å². The summed E-state index contributed by atoms with van der Waals surface area (Å²) >= 11 is 7.08. The van der Waals surface area contributed by atoms with Crippen molar-refractivity contribution in [2.24, 2.45) is 0 Å². The molecule has 0 fully saturated rings. The quantitative estimate of drug-likeness (QED) is 0.512. The highest BCUT2D eigenvalue weighted by Gasteiger charge is 2.23. The molecule has 0 aliphatic carbocycles. The van der Waals surface area contributed by atoms with Crippen LogP contribution in [0.4, 0.5) is 11.6 Å². The van der Waals surface area contributed by atoms with E-state index in [1.54, 1.807) is 25.3 Å². The second-order valence-electron chi connectivity index (χ2n) is 3.97. The molecule has 0 bridgehead atoms. The SMILES string of the molecule is CCNc1nc(C)c([N+](=O)[O-])c(Sc2ncccc2Cl)n1. The predicted octanol–water partition coefficient (Wildman–Crippen LogP) is 3.32. The number of hydrogen-bond donors (Lipinski definition) is 1. The summed E-state index contributed by atoms with van der Waals surface area (Å²) in [6.45, 7) is 4.08. The lowest BCUT2D eigenvalue weighted by atomic mass is 10.4. The van der Waals surface area contributed by atoms with E-state index in [2.05, 4.69) is 20.3 Å². The molecule has 0 unspecified atom stereocenters. The Hall–Kier alpha value is -1.93. The van der Waals surface area contributed by atoms with Crippen LogP contribution in [0.5, 0.6) is 0 Å². The average Bonchev–Trinajstić information content (AvgIpc) is 2.41. The van der Waals surface area contributed by atoms with Gasteiger partial charge in [-0.15, -0.1) is 0 Å². The number of nitro groups is 1. The van der Waals surface area contributed by atoms with Crippen LogP contribution in [-0.2, 0) is 0 Å². The standard InChI is InChI=1S/C12H12ClN5O2S/c1-3-14-12-16-7(2)9(18(19)20)11(17-12)21-10-8(13)5-4-6-15-10/h4-6H,3H2,1-2H3,(H,14,16,17). The number of nitrogens with zero attached hydrogens (tertiary/aromatic N) is 4.